The summed E-state index contributed by atoms with van der Waals surface area (Å²) in [4.78, 5) is 17.0. The average Bonchev–Trinajstić information content (AvgIpc) is 3.28. The standard InChI is InChI=1S/C18H18Cl2N4O2/c1-2-24-6-4-14(22-24)10-7-12(19)17(20)18-16(10)11-8-23(15(26)9-25)5-3-13(11)21-18/h4,6-7,21,25H,2-3,5,8-9H2,1H3. The number of halogens is 2. The third-order valence-corrected chi connectivity index (χ3v) is 5.66. The third-order valence-electron chi connectivity index (χ3n) is 4.87. The highest BCUT2D eigenvalue weighted by atomic mass is 35.5. The molecular formula is C18H18Cl2N4O2. The SMILES string of the molecule is CCn1ccc(-c2cc(Cl)c(Cl)c3[nH]c4c(c23)CN(C(=O)CO)CC4)n1. The molecule has 6 nitrogen and oxygen atoms in total. The van der Waals surface area contributed by atoms with Crippen molar-refractivity contribution in [2.75, 3.05) is 13.2 Å². The van der Waals surface area contributed by atoms with Crippen molar-refractivity contribution in [3.63, 3.8) is 0 Å². The summed E-state index contributed by atoms with van der Waals surface area (Å²) in [5.41, 5.74) is 4.51. The van der Waals surface area contributed by atoms with Crippen LogP contribution in [0.15, 0.2) is 18.3 Å². The van der Waals surface area contributed by atoms with E-state index in [1.54, 1.807) is 4.90 Å². The number of amides is 1. The molecule has 8 heteroatoms. The summed E-state index contributed by atoms with van der Waals surface area (Å²) < 4.78 is 1.85. The van der Waals surface area contributed by atoms with E-state index in [4.69, 9.17) is 23.2 Å². The van der Waals surface area contributed by atoms with Gasteiger partial charge in [0.25, 0.3) is 0 Å². The molecule has 136 valence electrons. The van der Waals surface area contributed by atoms with Crippen molar-refractivity contribution >= 4 is 40.0 Å². The van der Waals surface area contributed by atoms with Crippen LogP contribution in [-0.4, -0.2) is 43.8 Å². The molecule has 2 aromatic heterocycles. The Morgan fingerprint density at radius 2 is 2.23 bits per heavy atom. The fraction of sp³-hybridized carbons (Fsp3) is 0.333. The number of hydrogen-bond acceptors (Lipinski definition) is 3. The predicted octanol–water partition coefficient (Wildman–Crippen LogP) is 3.24. The number of aliphatic hydroxyl groups excluding tert-OH is 1. The predicted molar refractivity (Wildman–Crippen MR) is 101 cm³/mol. The van der Waals surface area contributed by atoms with Crippen molar-refractivity contribution in [1.29, 1.82) is 0 Å². The first kappa shape index (κ1) is 17.4. The maximum absolute atomic E-state index is 12.0. The second kappa shape index (κ2) is 6.61. The summed E-state index contributed by atoms with van der Waals surface area (Å²) in [5.74, 6) is -0.276. The molecule has 0 aliphatic carbocycles. The van der Waals surface area contributed by atoms with Gasteiger partial charge in [0.1, 0.15) is 6.61 Å². The lowest BCUT2D eigenvalue weighted by Gasteiger charge is -2.26. The summed E-state index contributed by atoms with van der Waals surface area (Å²) in [6.45, 7) is 3.29. The van der Waals surface area contributed by atoms with Crippen molar-refractivity contribution in [2.24, 2.45) is 0 Å². The van der Waals surface area contributed by atoms with Gasteiger partial charge in [-0.15, -0.1) is 0 Å². The molecule has 1 amide bonds. The zero-order valence-electron chi connectivity index (χ0n) is 14.2. The highest BCUT2D eigenvalue weighted by Gasteiger charge is 2.27. The molecule has 0 fully saturated rings. The van der Waals surface area contributed by atoms with Gasteiger partial charge in [-0.1, -0.05) is 23.2 Å². The number of aromatic nitrogens is 3. The number of aromatic amines is 1. The number of nitrogens with zero attached hydrogens (tertiary/aromatic N) is 3. The first-order chi connectivity index (χ1) is 12.5. The number of carbonyl (C=O) groups excluding carboxylic acids is 1. The van der Waals surface area contributed by atoms with E-state index < -0.39 is 6.61 Å². The van der Waals surface area contributed by atoms with E-state index in [2.05, 4.69) is 10.1 Å². The number of aryl methyl sites for hydroxylation is 1. The van der Waals surface area contributed by atoms with Crippen LogP contribution in [0, 0.1) is 0 Å². The maximum Gasteiger partial charge on any atom is 0.248 e. The van der Waals surface area contributed by atoms with E-state index >= 15 is 0 Å². The van der Waals surface area contributed by atoms with Crippen LogP contribution in [0.3, 0.4) is 0 Å². The molecule has 1 aliphatic heterocycles. The first-order valence-corrected chi connectivity index (χ1v) is 9.23. The third kappa shape index (κ3) is 2.69. The molecule has 2 N–H and O–H groups in total. The number of H-pyrrole nitrogens is 1. The van der Waals surface area contributed by atoms with E-state index in [1.165, 1.54) is 0 Å². The van der Waals surface area contributed by atoms with Gasteiger partial charge in [-0.25, -0.2) is 0 Å². The van der Waals surface area contributed by atoms with Gasteiger partial charge in [0.2, 0.25) is 5.91 Å². The van der Waals surface area contributed by atoms with Crippen molar-refractivity contribution in [1.82, 2.24) is 19.7 Å². The maximum atomic E-state index is 12.0. The van der Waals surface area contributed by atoms with Gasteiger partial charge in [-0.05, 0) is 19.1 Å². The highest BCUT2D eigenvalue weighted by Crippen LogP contribution is 2.41. The minimum atomic E-state index is -0.488. The van der Waals surface area contributed by atoms with Gasteiger partial charge in [-0.2, -0.15) is 5.10 Å². The number of benzene rings is 1. The minimum absolute atomic E-state index is 0.276. The van der Waals surface area contributed by atoms with Gasteiger partial charge in [0.05, 0.1) is 21.3 Å². The van der Waals surface area contributed by atoms with Gasteiger partial charge in [0.15, 0.2) is 0 Å². The zero-order valence-corrected chi connectivity index (χ0v) is 15.7. The van der Waals surface area contributed by atoms with Crippen LogP contribution in [-0.2, 0) is 24.3 Å². The number of nitrogens with one attached hydrogen (secondary N) is 1. The molecule has 4 rings (SSSR count). The number of rotatable bonds is 3. The molecule has 0 bridgehead atoms. The Balaban J connectivity index is 1.94. The topological polar surface area (TPSA) is 74.2 Å². The van der Waals surface area contributed by atoms with Crippen molar-refractivity contribution in [3.8, 4) is 11.3 Å². The Morgan fingerprint density at radius 3 is 2.92 bits per heavy atom. The van der Waals surface area contributed by atoms with Gasteiger partial charge in [0, 0.05) is 54.5 Å². The quantitative estimate of drug-likeness (QED) is 0.718. The van der Waals surface area contributed by atoms with Gasteiger partial charge < -0.3 is 15.0 Å². The van der Waals surface area contributed by atoms with Crippen molar-refractivity contribution in [3.05, 3.63) is 39.6 Å². The normalized spacial score (nSPS) is 14.1. The Bertz CT molecular complexity index is 1010. The van der Waals surface area contributed by atoms with Crippen LogP contribution in [0.5, 0.6) is 0 Å². The van der Waals surface area contributed by atoms with Crippen molar-refractivity contribution < 1.29 is 9.90 Å². The number of aliphatic hydroxyl groups is 1. The lowest BCUT2D eigenvalue weighted by Crippen LogP contribution is -2.37. The van der Waals surface area contributed by atoms with E-state index in [0.29, 0.717) is 29.6 Å². The molecule has 0 atom stereocenters. The van der Waals surface area contributed by atoms with Crippen LogP contribution in [0.1, 0.15) is 18.2 Å². The number of carbonyl (C=O) groups is 1. The van der Waals surface area contributed by atoms with E-state index in [9.17, 15) is 9.90 Å². The lowest BCUT2D eigenvalue weighted by atomic mass is 9.99. The van der Waals surface area contributed by atoms with Crippen LogP contribution in [0.2, 0.25) is 10.0 Å². The van der Waals surface area contributed by atoms with Gasteiger partial charge in [-0.3, -0.25) is 9.48 Å². The molecule has 0 radical (unpaired) electrons. The first-order valence-electron chi connectivity index (χ1n) is 8.47. The number of fused-ring (bicyclic) bond motifs is 3. The zero-order chi connectivity index (χ0) is 18.4. The van der Waals surface area contributed by atoms with Crippen molar-refractivity contribution in [2.45, 2.75) is 26.4 Å². The molecule has 1 aromatic carbocycles. The lowest BCUT2D eigenvalue weighted by molar-refractivity contribution is -0.135. The second-order valence-corrected chi connectivity index (χ2v) is 7.12. The molecule has 3 heterocycles. The Labute approximate surface area is 160 Å². The monoisotopic (exact) mass is 392 g/mol. The Morgan fingerprint density at radius 1 is 1.42 bits per heavy atom. The summed E-state index contributed by atoms with van der Waals surface area (Å²) in [5, 5.41) is 15.7. The molecule has 1 aliphatic rings. The van der Waals surface area contributed by atoms with Gasteiger partial charge >= 0.3 is 0 Å². The highest BCUT2D eigenvalue weighted by molar-refractivity contribution is 6.45. The molecule has 0 unspecified atom stereocenters. The average molecular weight is 393 g/mol. The summed E-state index contributed by atoms with van der Waals surface area (Å²) in [6, 6.07) is 3.77. The fourth-order valence-corrected chi connectivity index (χ4v) is 3.93. The second-order valence-electron chi connectivity index (χ2n) is 6.33. The van der Waals surface area contributed by atoms with E-state index in [0.717, 1.165) is 40.0 Å². The summed E-state index contributed by atoms with van der Waals surface area (Å²) >= 11 is 12.8. The fourth-order valence-electron chi connectivity index (χ4n) is 3.54. The van der Waals surface area contributed by atoms with E-state index in [1.807, 2.05) is 29.9 Å². The van der Waals surface area contributed by atoms with Crippen LogP contribution in [0.4, 0.5) is 0 Å². The van der Waals surface area contributed by atoms with Crippen LogP contribution >= 0.6 is 23.2 Å². The Kier molecular flexibility index (Phi) is 4.42. The van der Waals surface area contributed by atoms with Crippen LogP contribution in [0.25, 0.3) is 22.2 Å². The Hall–Kier alpha value is -2.02. The minimum Gasteiger partial charge on any atom is -0.387 e. The molecule has 26 heavy (non-hydrogen) atoms. The molecule has 0 saturated heterocycles. The smallest absolute Gasteiger partial charge is 0.248 e. The molecule has 0 saturated carbocycles. The largest absolute Gasteiger partial charge is 0.387 e. The van der Waals surface area contributed by atoms with Crippen LogP contribution < -0.4 is 0 Å². The molecule has 0 spiro atoms. The molecule has 3 aromatic rings. The molecular weight excluding hydrogens is 375 g/mol. The summed E-state index contributed by atoms with van der Waals surface area (Å²) in [7, 11) is 0. The number of hydrogen-bond donors (Lipinski definition) is 2. The summed E-state index contributed by atoms with van der Waals surface area (Å²) in [6.07, 6.45) is 2.59. The van der Waals surface area contributed by atoms with E-state index in [-0.39, 0.29) is 5.91 Å².